The van der Waals surface area contributed by atoms with Crippen LogP contribution in [-0.4, -0.2) is 42.1 Å². The third kappa shape index (κ3) is 3.44. The first-order valence-electron chi connectivity index (χ1n) is 9.58. The second-order valence-electron chi connectivity index (χ2n) is 8.26. The number of aryl methyl sites for hydroxylation is 1. The first-order chi connectivity index (χ1) is 13.2. The highest BCUT2D eigenvalue weighted by Gasteiger charge is 2.53. The van der Waals surface area contributed by atoms with Crippen LogP contribution >= 0.6 is 0 Å². The van der Waals surface area contributed by atoms with E-state index in [0.29, 0.717) is 50.9 Å². The number of halogens is 3. The lowest BCUT2D eigenvalue weighted by molar-refractivity contribution is -0.142. The number of cyclic esters (lactones) is 1. The molecule has 0 bridgehead atoms. The molecule has 4 rings (SSSR count). The van der Waals surface area contributed by atoms with Gasteiger partial charge in [0.15, 0.2) is 0 Å². The zero-order chi connectivity index (χ0) is 20.1. The van der Waals surface area contributed by atoms with Gasteiger partial charge in [-0.1, -0.05) is 12.1 Å². The van der Waals surface area contributed by atoms with Crippen molar-refractivity contribution in [1.29, 1.82) is 0 Å². The van der Waals surface area contributed by atoms with E-state index in [1.165, 1.54) is 19.1 Å². The SMILES string of the molecule is Cc1ccc(C2CCN(C(=O)C3CC4(COC(=O)N4)C3)CC2)cc1C(F)(F)F. The summed E-state index contributed by atoms with van der Waals surface area (Å²) in [5.41, 5.74) is -0.0423. The summed E-state index contributed by atoms with van der Waals surface area (Å²) in [5.74, 6) is -0.0131. The Hall–Kier alpha value is -2.25. The normalized spacial score (nSPS) is 28.1. The molecule has 5 nitrogen and oxygen atoms in total. The Kier molecular flexibility index (Phi) is 4.55. The van der Waals surface area contributed by atoms with Crippen molar-refractivity contribution in [2.45, 2.75) is 50.2 Å². The van der Waals surface area contributed by atoms with Crippen LogP contribution in [0.15, 0.2) is 18.2 Å². The van der Waals surface area contributed by atoms with Crippen LogP contribution < -0.4 is 5.32 Å². The van der Waals surface area contributed by atoms with E-state index >= 15 is 0 Å². The molecule has 1 saturated carbocycles. The van der Waals surface area contributed by atoms with Crippen molar-refractivity contribution in [3.05, 3.63) is 34.9 Å². The smallest absolute Gasteiger partial charge is 0.416 e. The average molecular weight is 396 g/mol. The second kappa shape index (κ2) is 6.67. The van der Waals surface area contributed by atoms with Crippen molar-refractivity contribution in [1.82, 2.24) is 10.2 Å². The van der Waals surface area contributed by atoms with Crippen molar-refractivity contribution >= 4 is 12.0 Å². The van der Waals surface area contributed by atoms with Gasteiger partial charge >= 0.3 is 12.3 Å². The van der Waals surface area contributed by atoms with Gasteiger partial charge in [-0.2, -0.15) is 13.2 Å². The van der Waals surface area contributed by atoms with Crippen LogP contribution in [0.25, 0.3) is 0 Å². The molecular weight excluding hydrogens is 373 g/mol. The minimum Gasteiger partial charge on any atom is -0.447 e. The Morgan fingerprint density at radius 2 is 1.93 bits per heavy atom. The van der Waals surface area contributed by atoms with Crippen molar-refractivity contribution in [2.75, 3.05) is 19.7 Å². The minimum absolute atomic E-state index is 0.0287. The largest absolute Gasteiger partial charge is 0.447 e. The molecular formula is C20H23F3N2O3. The van der Waals surface area contributed by atoms with Gasteiger partial charge in [-0.3, -0.25) is 4.79 Å². The van der Waals surface area contributed by atoms with Gasteiger partial charge in [0.05, 0.1) is 11.1 Å². The number of nitrogens with zero attached hydrogens (tertiary/aromatic N) is 1. The van der Waals surface area contributed by atoms with Crippen LogP contribution in [0.4, 0.5) is 18.0 Å². The third-order valence-electron chi connectivity index (χ3n) is 6.32. The number of ether oxygens (including phenoxy) is 1. The summed E-state index contributed by atoms with van der Waals surface area (Å²) in [6.07, 6.45) is -2.29. The van der Waals surface area contributed by atoms with Crippen LogP contribution in [0, 0.1) is 12.8 Å². The van der Waals surface area contributed by atoms with Crippen molar-refractivity contribution in [2.24, 2.45) is 5.92 Å². The standard InChI is InChI=1S/C20H23F3N2O3/c1-12-2-3-14(8-16(12)20(21,22)23)13-4-6-25(7-5-13)17(26)15-9-19(10-15)11-28-18(27)24-19/h2-3,8,13,15H,4-7,9-11H2,1H3,(H,24,27). The molecule has 0 unspecified atom stereocenters. The molecule has 0 atom stereocenters. The monoisotopic (exact) mass is 396 g/mol. The summed E-state index contributed by atoms with van der Waals surface area (Å²) < 4.78 is 44.4. The zero-order valence-electron chi connectivity index (χ0n) is 15.6. The van der Waals surface area contributed by atoms with Crippen LogP contribution in [0.5, 0.6) is 0 Å². The molecule has 2 amide bonds. The summed E-state index contributed by atoms with van der Waals surface area (Å²) in [6, 6.07) is 4.56. The maximum Gasteiger partial charge on any atom is 0.416 e. The van der Waals surface area contributed by atoms with Gasteiger partial charge in [-0.15, -0.1) is 0 Å². The summed E-state index contributed by atoms with van der Waals surface area (Å²) in [4.78, 5) is 25.7. The number of alkyl carbamates (subject to hydrolysis) is 1. The number of piperidine rings is 1. The van der Waals surface area contributed by atoms with E-state index in [0.717, 1.165) is 0 Å². The molecule has 1 spiro atoms. The molecule has 1 aliphatic carbocycles. The van der Waals surface area contributed by atoms with Gasteiger partial charge in [0.1, 0.15) is 6.61 Å². The fourth-order valence-corrected chi connectivity index (χ4v) is 4.66. The maximum atomic E-state index is 13.2. The fourth-order valence-electron chi connectivity index (χ4n) is 4.66. The number of hydrogen-bond donors (Lipinski definition) is 1. The lowest BCUT2D eigenvalue weighted by atomic mass is 9.68. The molecule has 1 N–H and O–H groups in total. The number of alkyl halides is 3. The number of hydrogen-bond acceptors (Lipinski definition) is 3. The Bertz CT molecular complexity index is 794. The molecule has 0 radical (unpaired) electrons. The summed E-state index contributed by atoms with van der Waals surface area (Å²) in [6.45, 7) is 2.87. The van der Waals surface area contributed by atoms with Gasteiger partial charge in [0.2, 0.25) is 5.91 Å². The molecule has 3 aliphatic rings. The van der Waals surface area contributed by atoms with Crippen LogP contribution in [0.1, 0.15) is 48.3 Å². The number of amides is 2. The van der Waals surface area contributed by atoms with Crippen molar-refractivity contribution in [3.8, 4) is 0 Å². The summed E-state index contributed by atoms with van der Waals surface area (Å²) in [5, 5.41) is 2.78. The Morgan fingerprint density at radius 1 is 1.25 bits per heavy atom. The predicted molar refractivity (Wildman–Crippen MR) is 94.7 cm³/mol. The maximum absolute atomic E-state index is 13.2. The topological polar surface area (TPSA) is 58.6 Å². The number of carbonyl (C=O) groups excluding carboxylic acids is 2. The Labute approximate surface area is 161 Å². The Balaban J connectivity index is 1.34. The molecule has 2 heterocycles. The van der Waals surface area contributed by atoms with Crippen LogP contribution in [0.3, 0.4) is 0 Å². The lowest BCUT2D eigenvalue weighted by Crippen LogP contribution is -2.58. The molecule has 0 aromatic heterocycles. The molecule has 1 aromatic carbocycles. The van der Waals surface area contributed by atoms with Gasteiger partial charge in [-0.05, 0) is 55.7 Å². The molecule has 8 heteroatoms. The summed E-state index contributed by atoms with van der Waals surface area (Å²) >= 11 is 0. The number of nitrogens with one attached hydrogen (secondary N) is 1. The van der Waals surface area contributed by atoms with E-state index in [1.54, 1.807) is 6.07 Å². The number of carbonyl (C=O) groups is 2. The second-order valence-corrected chi connectivity index (χ2v) is 8.26. The highest BCUT2D eigenvalue weighted by molar-refractivity contribution is 5.81. The first-order valence-corrected chi connectivity index (χ1v) is 9.58. The van der Waals surface area contributed by atoms with E-state index in [2.05, 4.69) is 5.32 Å². The van der Waals surface area contributed by atoms with E-state index in [4.69, 9.17) is 4.74 Å². The molecule has 3 fully saturated rings. The van der Waals surface area contributed by atoms with Crippen molar-refractivity contribution in [3.63, 3.8) is 0 Å². The number of likely N-dealkylation sites (tertiary alicyclic amines) is 1. The Morgan fingerprint density at radius 3 is 2.50 bits per heavy atom. The molecule has 152 valence electrons. The van der Waals surface area contributed by atoms with Gasteiger partial charge in [-0.25, -0.2) is 4.79 Å². The van der Waals surface area contributed by atoms with Crippen LogP contribution in [-0.2, 0) is 15.7 Å². The first kappa shape index (κ1) is 19.1. The number of benzene rings is 1. The molecule has 2 saturated heterocycles. The highest BCUT2D eigenvalue weighted by atomic mass is 19.4. The quantitative estimate of drug-likeness (QED) is 0.831. The van der Waals surface area contributed by atoms with Crippen molar-refractivity contribution < 1.29 is 27.5 Å². The predicted octanol–water partition coefficient (Wildman–Crippen LogP) is 3.61. The fraction of sp³-hybridized carbons (Fsp3) is 0.600. The van der Waals surface area contributed by atoms with Gasteiger partial charge < -0.3 is 15.0 Å². The van der Waals surface area contributed by atoms with E-state index in [9.17, 15) is 22.8 Å². The van der Waals surface area contributed by atoms with E-state index in [-0.39, 0.29) is 28.8 Å². The van der Waals surface area contributed by atoms with Crippen LogP contribution in [0.2, 0.25) is 0 Å². The summed E-state index contributed by atoms with van der Waals surface area (Å²) in [7, 11) is 0. The van der Waals surface area contributed by atoms with E-state index < -0.39 is 17.8 Å². The molecule has 28 heavy (non-hydrogen) atoms. The number of rotatable bonds is 2. The minimum atomic E-state index is -4.35. The zero-order valence-corrected chi connectivity index (χ0v) is 15.6. The lowest BCUT2D eigenvalue weighted by Gasteiger charge is -2.45. The van der Waals surface area contributed by atoms with Gasteiger partial charge in [0.25, 0.3) is 0 Å². The molecule has 1 aromatic rings. The van der Waals surface area contributed by atoms with E-state index in [1.807, 2.05) is 4.90 Å². The molecule has 2 aliphatic heterocycles. The average Bonchev–Trinajstić information content (AvgIpc) is 3.02. The highest BCUT2D eigenvalue weighted by Crippen LogP contribution is 2.42. The van der Waals surface area contributed by atoms with Gasteiger partial charge in [0, 0.05) is 19.0 Å². The third-order valence-corrected chi connectivity index (χ3v) is 6.32.